The van der Waals surface area contributed by atoms with E-state index in [0.29, 0.717) is 0 Å². The number of hydrogen-bond acceptors (Lipinski definition) is 3. The van der Waals surface area contributed by atoms with E-state index in [1.807, 2.05) is 43.0 Å². The Balaban J connectivity index is 0.00000288. The molecule has 1 unspecified atom stereocenters. The zero-order valence-corrected chi connectivity index (χ0v) is 16.4. The van der Waals surface area contributed by atoms with E-state index in [2.05, 4.69) is 21.2 Å². The highest BCUT2D eigenvalue weighted by atomic mass is 79.9. The van der Waals surface area contributed by atoms with E-state index in [1.54, 1.807) is 0 Å². The Labute approximate surface area is 157 Å². The molecule has 0 aromatic heterocycles. The van der Waals surface area contributed by atoms with Crippen LogP contribution >= 0.6 is 28.3 Å². The molecule has 5 nitrogen and oxygen atoms in total. The summed E-state index contributed by atoms with van der Waals surface area (Å²) in [5.41, 5.74) is 6.91. The lowest BCUT2D eigenvalue weighted by Crippen LogP contribution is -2.47. The fourth-order valence-corrected chi connectivity index (χ4v) is 3.23. The molecule has 0 saturated carbocycles. The van der Waals surface area contributed by atoms with E-state index in [-0.39, 0.29) is 42.7 Å². The van der Waals surface area contributed by atoms with Crippen LogP contribution in [0.2, 0.25) is 0 Å². The summed E-state index contributed by atoms with van der Waals surface area (Å²) in [6.07, 6.45) is 1.92. The van der Waals surface area contributed by atoms with Gasteiger partial charge in [-0.15, -0.1) is 12.4 Å². The summed E-state index contributed by atoms with van der Waals surface area (Å²) in [5.74, 6) is -0.283. The summed E-state index contributed by atoms with van der Waals surface area (Å²) in [5, 5.41) is 2.66. The number of hydrogen-bond donors (Lipinski definition) is 2. The third kappa shape index (κ3) is 5.19. The smallest absolute Gasteiger partial charge is 0.242 e. The number of halogens is 2. The van der Waals surface area contributed by atoms with Gasteiger partial charge in [-0.05, 0) is 36.5 Å². The maximum Gasteiger partial charge on any atom is 0.242 e. The minimum absolute atomic E-state index is 0. The van der Waals surface area contributed by atoms with E-state index in [0.717, 1.165) is 29.4 Å². The normalized spacial score (nSPS) is 18.2. The van der Waals surface area contributed by atoms with Crippen molar-refractivity contribution >= 4 is 40.2 Å². The van der Waals surface area contributed by atoms with Gasteiger partial charge in [0.25, 0.3) is 0 Å². The molecular weight excluding hydrogens is 394 g/mol. The Kier molecular flexibility index (Phi) is 8.19. The van der Waals surface area contributed by atoms with Crippen LogP contribution in [0.15, 0.2) is 28.7 Å². The molecule has 1 fully saturated rings. The summed E-state index contributed by atoms with van der Waals surface area (Å²) in [6, 6.07) is 7.53. The van der Waals surface area contributed by atoms with Crippen molar-refractivity contribution in [3.63, 3.8) is 0 Å². The lowest BCUT2D eigenvalue weighted by Gasteiger charge is -2.26. The Hall–Kier alpha value is -1.11. The lowest BCUT2D eigenvalue weighted by molar-refractivity contribution is -0.134. The molecule has 0 radical (unpaired) electrons. The van der Waals surface area contributed by atoms with Crippen LogP contribution in [0, 0.1) is 5.92 Å². The number of carbonyl (C=O) groups excluding carboxylic acids is 2. The van der Waals surface area contributed by atoms with E-state index in [1.165, 1.54) is 0 Å². The number of nitrogens with two attached hydrogens (primary N) is 1. The fourth-order valence-electron chi connectivity index (χ4n) is 2.81. The molecule has 0 bridgehead atoms. The van der Waals surface area contributed by atoms with Gasteiger partial charge in [-0.25, -0.2) is 0 Å². The molecule has 1 aliphatic heterocycles. The molecule has 1 aromatic carbocycles. The van der Waals surface area contributed by atoms with Gasteiger partial charge in [0, 0.05) is 11.0 Å². The van der Waals surface area contributed by atoms with Gasteiger partial charge >= 0.3 is 0 Å². The Morgan fingerprint density at radius 2 is 2.12 bits per heavy atom. The van der Waals surface area contributed by atoms with Crippen molar-refractivity contribution in [3.8, 4) is 0 Å². The number of benzene rings is 1. The van der Waals surface area contributed by atoms with E-state index in [4.69, 9.17) is 5.73 Å². The van der Waals surface area contributed by atoms with Crippen LogP contribution in [0.5, 0.6) is 0 Å². The molecule has 24 heavy (non-hydrogen) atoms. The van der Waals surface area contributed by atoms with Gasteiger partial charge in [0.15, 0.2) is 0 Å². The predicted octanol–water partition coefficient (Wildman–Crippen LogP) is 2.63. The van der Waals surface area contributed by atoms with Gasteiger partial charge in [0.1, 0.15) is 0 Å². The molecule has 2 amide bonds. The number of nitrogens with zero attached hydrogens (tertiary/aromatic N) is 1. The first-order chi connectivity index (χ1) is 10.9. The van der Waals surface area contributed by atoms with Crippen molar-refractivity contribution in [1.82, 2.24) is 10.2 Å². The zero-order chi connectivity index (χ0) is 17.0. The van der Waals surface area contributed by atoms with Gasteiger partial charge in [-0.1, -0.05) is 41.9 Å². The molecule has 3 N–H and O–H groups in total. The van der Waals surface area contributed by atoms with Crippen molar-refractivity contribution in [1.29, 1.82) is 0 Å². The molecule has 2 rings (SSSR count). The van der Waals surface area contributed by atoms with E-state index >= 15 is 0 Å². The molecule has 2 atom stereocenters. The maximum absolute atomic E-state index is 12.5. The molecule has 1 aromatic rings. The summed E-state index contributed by atoms with van der Waals surface area (Å²) in [6.45, 7) is 4.50. The topological polar surface area (TPSA) is 75.4 Å². The van der Waals surface area contributed by atoms with Gasteiger partial charge in [-0.3, -0.25) is 9.59 Å². The van der Waals surface area contributed by atoms with Crippen LogP contribution in [-0.4, -0.2) is 35.8 Å². The van der Waals surface area contributed by atoms with Crippen LogP contribution in [-0.2, 0) is 9.59 Å². The third-order valence-corrected chi connectivity index (χ3v) is 4.73. The first-order valence-corrected chi connectivity index (χ1v) is 8.77. The molecular formula is C17H25BrClN3O2. The third-order valence-electron chi connectivity index (χ3n) is 4.24. The van der Waals surface area contributed by atoms with Crippen LogP contribution in [0.3, 0.4) is 0 Å². The van der Waals surface area contributed by atoms with Crippen LogP contribution in [0.25, 0.3) is 0 Å². The Morgan fingerprint density at radius 1 is 1.42 bits per heavy atom. The van der Waals surface area contributed by atoms with Gasteiger partial charge in [0.2, 0.25) is 11.8 Å². The summed E-state index contributed by atoms with van der Waals surface area (Å²) in [7, 11) is 0. The average Bonchev–Trinajstić information content (AvgIpc) is 3.01. The minimum Gasteiger partial charge on any atom is -0.346 e. The molecule has 1 heterocycles. The number of nitrogens with one attached hydrogen (secondary N) is 1. The molecule has 1 saturated heterocycles. The number of amides is 2. The average molecular weight is 419 g/mol. The first kappa shape index (κ1) is 20.9. The number of carbonyl (C=O) groups is 2. The highest BCUT2D eigenvalue weighted by Gasteiger charge is 2.30. The largest absolute Gasteiger partial charge is 0.346 e. The van der Waals surface area contributed by atoms with Crippen LogP contribution < -0.4 is 11.1 Å². The quantitative estimate of drug-likeness (QED) is 0.772. The van der Waals surface area contributed by atoms with Gasteiger partial charge < -0.3 is 16.0 Å². The van der Waals surface area contributed by atoms with Crippen LogP contribution in [0.4, 0.5) is 0 Å². The SMILES string of the molecule is CC(C)[C@H](N)C(=O)NCC(=O)N1CCCC1c1cccc(Br)c1.Cl. The van der Waals surface area contributed by atoms with Crippen LogP contribution in [0.1, 0.15) is 38.3 Å². The van der Waals surface area contributed by atoms with Crippen molar-refractivity contribution in [3.05, 3.63) is 34.3 Å². The van der Waals surface area contributed by atoms with Crippen molar-refractivity contribution in [2.45, 2.75) is 38.8 Å². The lowest BCUT2D eigenvalue weighted by atomic mass is 10.0. The first-order valence-electron chi connectivity index (χ1n) is 7.98. The zero-order valence-electron chi connectivity index (χ0n) is 14.0. The van der Waals surface area contributed by atoms with Crippen molar-refractivity contribution in [2.24, 2.45) is 11.7 Å². The standard InChI is InChI=1S/C17H24BrN3O2.ClH/c1-11(2)16(19)17(23)20-10-15(22)21-8-4-7-14(21)12-5-3-6-13(18)9-12;/h3,5-6,9,11,14,16H,4,7-8,10,19H2,1-2H3,(H,20,23);1H/t14?,16-;/m0./s1. The Morgan fingerprint density at radius 3 is 2.75 bits per heavy atom. The van der Waals surface area contributed by atoms with E-state index < -0.39 is 6.04 Å². The highest BCUT2D eigenvalue weighted by molar-refractivity contribution is 9.10. The highest BCUT2D eigenvalue weighted by Crippen LogP contribution is 2.32. The summed E-state index contributed by atoms with van der Waals surface area (Å²) in [4.78, 5) is 26.2. The second-order valence-electron chi connectivity index (χ2n) is 6.29. The molecule has 7 heteroatoms. The second-order valence-corrected chi connectivity index (χ2v) is 7.20. The molecule has 1 aliphatic rings. The summed E-state index contributed by atoms with van der Waals surface area (Å²) >= 11 is 3.47. The monoisotopic (exact) mass is 417 g/mol. The maximum atomic E-state index is 12.5. The molecule has 134 valence electrons. The predicted molar refractivity (Wildman–Crippen MR) is 101 cm³/mol. The second kappa shape index (κ2) is 9.39. The van der Waals surface area contributed by atoms with Gasteiger partial charge in [0.05, 0.1) is 18.6 Å². The summed E-state index contributed by atoms with van der Waals surface area (Å²) < 4.78 is 1.01. The minimum atomic E-state index is -0.581. The van der Waals surface area contributed by atoms with Crippen molar-refractivity contribution < 1.29 is 9.59 Å². The van der Waals surface area contributed by atoms with Gasteiger partial charge in [-0.2, -0.15) is 0 Å². The molecule has 0 aliphatic carbocycles. The fraction of sp³-hybridized carbons (Fsp3) is 0.529. The van der Waals surface area contributed by atoms with E-state index in [9.17, 15) is 9.59 Å². The van der Waals surface area contributed by atoms with Crippen molar-refractivity contribution in [2.75, 3.05) is 13.1 Å². The number of likely N-dealkylation sites (tertiary alicyclic amines) is 1. The molecule has 0 spiro atoms. The Bertz CT molecular complexity index is 583. The number of rotatable bonds is 5.